The van der Waals surface area contributed by atoms with Crippen molar-refractivity contribution < 1.29 is 24.2 Å². The van der Waals surface area contributed by atoms with Crippen molar-refractivity contribution >= 4 is 53.0 Å². The average Bonchev–Trinajstić information content (AvgIpc) is 2.74. The zero-order chi connectivity index (χ0) is 22.1. The molecule has 0 aliphatic heterocycles. The number of nitrogens with one attached hydrogen (secondary N) is 1. The number of nitriles is 1. The summed E-state index contributed by atoms with van der Waals surface area (Å²) in [4.78, 5) is 23.8. The molecule has 158 valence electrons. The van der Waals surface area contributed by atoms with E-state index in [1.165, 1.54) is 0 Å². The van der Waals surface area contributed by atoms with Crippen LogP contribution >= 0.6 is 35.2 Å². The lowest BCUT2D eigenvalue weighted by Crippen LogP contribution is -2.23. The number of phenolic OH excluding ortho intramolecular Hbond substituents is 1. The molecule has 0 unspecified atom stereocenters. The number of amides is 1. The van der Waals surface area contributed by atoms with Gasteiger partial charge in [-0.1, -0.05) is 6.92 Å². The molecule has 0 saturated carbocycles. The van der Waals surface area contributed by atoms with Crippen molar-refractivity contribution in [3.05, 3.63) is 57.2 Å². The van der Waals surface area contributed by atoms with E-state index in [0.29, 0.717) is 23.2 Å². The second kappa shape index (κ2) is 11.7. The summed E-state index contributed by atoms with van der Waals surface area (Å²) in [6, 6.07) is 13.4. The van der Waals surface area contributed by atoms with Gasteiger partial charge >= 0.3 is 12.1 Å². The monoisotopic (exact) mass is 540 g/mol. The largest absolute Gasteiger partial charge is 0.508 e. The van der Waals surface area contributed by atoms with E-state index >= 15 is 0 Å². The molecule has 0 spiro atoms. The topological polar surface area (TPSA) is 109 Å². The van der Waals surface area contributed by atoms with Crippen molar-refractivity contribution in [3.8, 4) is 11.8 Å². The number of carbonyl (C=O) groups excluding carboxylic acids is 2. The number of aromatic hydroxyl groups is 1. The molecule has 9 heteroatoms. The van der Waals surface area contributed by atoms with Crippen molar-refractivity contribution in [1.29, 1.82) is 5.26 Å². The van der Waals surface area contributed by atoms with E-state index < -0.39 is 18.2 Å². The second-order valence-corrected chi connectivity index (χ2v) is 8.05. The van der Waals surface area contributed by atoms with Crippen LogP contribution in [0.25, 0.3) is 0 Å². The third-order valence-corrected chi connectivity index (χ3v) is 5.20. The molecule has 0 aromatic heterocycles. The Morgan fingerprint density at radius 2 is 1.97 bits per heavy atom. The van der Waals surface area contributed by atoms with Crippen LogP contribution in [0.1, 0.15) is 30.6 Å². The number of hydrogen-bond donors (Lipinski definition) is 3. The van der Waals surface area contributed by atoms with Gasteiger partial charge in [0.1, 0.15) is 11.9 Å². The summed E-state index contributed by atoms with van der Waals surface area (Å²) < 4.78 is 11.6. The van der Waals surface area contributed by atoms with Gasteiger partial charge in [-0.2, -0.15) is 17.9 Å². The molecule has 0 bridgehead atoms. The minimum absolute atomic E-state index is 0.00536. The zero-order valence-corrected chi connectivity index (χ0v) is 19.2. The van der Waals surface area contributed by atoms with Crippen LogP contribution in [0.4, 0.5) is 10.5 Å². The van der Waals surface area contributed by atoms with Gasteiger partial charge in [-0.05, 0) is 71.5 Å². The standard InChI is InChI=1S/C21H21IN2O5S/c1-13(8-9-28-19(26)12-30)20(17-10-15(22)4-7-18(17)25)29-21(27)24-16-5-2-14(11-23)3-6-16/h2-7,10,13,20,25,30H,8-9,12H2,1H3,(H,24,27)/t13-,20-/m0/s1. The number of phenols is 1. The lowest BCUT2D eigenvalue weighted by atomic mass is 9.94. The van der Waals surface area contributed by atoms with Crippen molar-refractivity contribution in [3.63, 3.8) is 0 Å². The van der Waals surface area contributed by atoms with Crippen LogP contribution < -0.4 is 5.32 Å². The summed E-state index contributed by atoms with van der Waals surface area (Å²) >= 11 is 5.97. The fraction of sp³-hybridized carbons (Fsp3) is 0.286. The Kier molecular flexibility index (Phi) is 9.26. The summed E-state index contributed by atoms with van der Waals surface area (Å²) in [6.07, 6.45) is -1.06. The number of thiol groups is 1. The fourth-order valence-corrected chi connectivity index (χ4v) is 3.29. The van der Waals surface area contributed by atoms with Crippen LogP contribution in [0.2, 0.25) is 0 Å². The summed E-state index contributed by atoms with van der Waals surface area (Å²) in [5.41, 5.74) is 1.41. The van der Waals surface area contributed by atoms with E-state index in [1.54, 1.807) is 42.5 Å². The quantitative estimate of drug-likeness (QED) is 0.256. The Hall–Kier alpha value is -2.45. The summed E-state index contributed by atoms with van der Waals surface area (Å²) in [7, 11) is 0. The van der Waals surface area contributed by atoms with E-state index in [2.05, 4.69) is 40.5 Å². The lowest BCUT2D eigenvalue weighted by Gasteiger charge is -2.25. The Bertz CT molecular complexity index is 930. The van der Waals surface area contributed by atoms with Gasteiger partial charge in [0.05, 0.1) is 24.0 Å². The second-order valence-electron chi connectivity index (χ2n) is 6.49. The number of ether oxygens (including phenoxy) is 2. The molecule has 30 heavy (non-hydrogen) atoms. The minimum atomic E-state index is -0.771. The van der Waals surface area contributed by atoms with E-state index in [4.69, 9.17) is 14.7 Å². The van der Waals surface area contributed by atoms with Gasteiger partial charge in [-0.25, -0.2) is 4.79 Å². The molecule has 2 atom stereocenters. The van der Waals surface area contributed by atoms with Gasteiger partial charge in [-0.3, -0.25) is 10.1 Å². The highest BCUT2D eigenvalue weighted by molar-refractivity contribution is 14.1. The van der Waals surface area contributed by atoms with Gasteiger partial charge in [-0.15, -0.1) is 0 Å². The number of hydrogen-bond acceptors (Lipinski definition) is 7. The van der Waals surface area contributed by atoms with E-state index in [-0.39, 0.29) is 24.0 Å². The van der Waals surface area contributed by atoms with Gasteiger partial charge in [0.2, 0.25) is 0 Å². The normalized spacial score (nSPS) is 12.3. The first-order chi connectivity index (χ1) is 14.3. The molecule has 2 rings (SSSR count). The third-order valence-electron chi connectivity index (χ3n) is 4.27. The van der Waals surface area contributed by atoms with Crippen LogP contribution in [-0.4, -0.2) is 29.5 Å². The van der Waals surface area contributed by atoms with Crippen LogP contribution in [0.5, 0.6) is 5.75 Å². The molecule has 2 aromatic carbocycles. The number of benzene rings is 2. The van der Waals surface area contributed by atoms with Gasteiger partial charge in [0.25, 0.3) is 0 Å². The lowest BCUT2D eigenvalue weighted by molar-refractivity contribution is -0.141. The molecule has 0 aliphatic rings. The number of rotatable bonds is 8. The van der Waals surface area contributed by atoms with Crippen molar-refractivity contribution in [2.45, 2.75) is 19.4 Å². The maximum Gasteiger partial charge on any atom is 0.412 e. The van der Waals surface area contributed by atoms with E-state index in [9.17, 15) is 14.7 Å². The number of esters is 1. The molecule has 7 nitrogen and oxygen atoms in total. The molecule has 0 radical (unpaired) electrons. The molecule has 2 N–H and O–H groups in total. The van der Waals surface area contributed by atoms with Crippen LogP contribution in [0.3, 0.4) is 0 Å². The van der Waals surface area contributed by atoms with Crippen LogP contribution in [0.15, 0.2) is 42.5 Å². The summed E-state index contributed by atoms with van der Waals surface area (Å²) in [6.45, 7) is 1.98. The van der Waals surface area contributed by atoms with E-state index in [0.717, 1.165) is 3.57 Å². The predicted octanol–water partition coefficient (Wildman–Crippen LogP) is 4.66. The highest BCUT2D eigenvalue weighted by Crippen LogP contribution is 2.35. The molecule has 0 saturated heterocycles. The van der Waals surface area contributed by atoms with Gasteiger partial charge in [0, 0.05) is 20.7 Å². The third kappa shape index (κ3) is 7.11. The molecular formula is C21H21IN2O5S. The molecule has 1 amide bonds. The van der Waals surface area contributed by atoms with Crippen molar-refractivity contribution in [1.82, 2.24) is 0 Å². The zero-order valence-electron chi connectivity index (χ0n) is 16.2. The molecule has 0 heterocycles. The molecular weight excluding hydrogens is 519 g/mol. The summed E-state index contributed by atoms with van der Waals surface area (Å²) in [5, 5.41) is 21.8. The maximum absolute atomic E-state index is 12.5. The Morgan fingerprint density at radius 3 is 2.60 bits per heavy atom. The number of anilines is 1. The van der Waals surface area contributed by atoms with Crippen molar-refractivity contribution in [2.75, 3.05) is 17.7 Å². The average molecular weight is 540 g/mol. The first-order valence-electron chi connectivity index (χ1n) is 9.06. The Morgan fingerprint density at radius 1 is 1.27 bits per heavy atom. The van der Waals surface area contributed by atoms with Gasteiger partial charge < -0.3 is 14.6 Å². The Balaban J connectivity index is 2.15. The maximum atomic E-state index is 12.5. The first-order valence-corrected chi connectivity index (χ1v) is 10.8. The smallest absolute Gasteiger partial charge is 0.412 e. The SMILES string of the molecule is C[C@@H](CCOC(=O)CS)[C@H](OC(=O)Nc1ccc(C#N)cc1)c1cc(I)ccc1O. The number of halogens is 1. The predicted molar refractivity (Wildman–Crippen MR) is 123 cm³/mol. The highest BCUT2D eigenvalue weighted by atomic mass is 127. The van der Waals surface area contributed by atoms with Crippen LogP contribution in [-0.2, 0) is 14.3 Å². The molecule has 2 aromatic rings. The van der Waals surface area contributed by atoms with Gasteiger partial charge in [0.15, 0.2) is 0 Å². The number of nitrogens with zero attached hydrogens (tertiary/aromatic N) is 1. The first kappa shape index (κ1) is 23.8. The van der Waals surface area contributed by atoms with Crippen LogP contribution in [0, 0.1) is 20.8 Å². The Labute approximate surface area is 193 Å². The highest BCUT2D eigenvalue weighted by Gasteiger charge is 2.27. The number of carbonyl (C=O) groups is 2. The summed E-state index contributed by atoms with van der Waals surface area (Å²) in [5.74, 6) is -0.697. The minimum Gasteiger partial charge on any atom is -0.508 e. The molecule has 0 fully saturated rings. The van der Waals surface area contributed by atoms with E-state index in [1.807, 2.05) is 13.0 Å². The fourth-order valence-electron chi connectivity index (χ4n) is 2.69. The van der Waals surface area contributed by atoms with Crippen molar-refractivity contribution in [2.24, 2.45) is 5.92 Å². The molecule has 0 aliphatic carbocycles.